The molecule has 0 unspecified atom stereocenters. The van der Waals surface area contributed by atoms with Crippen LogP contribution in [0.1, 0.15) is 33.6 Å². The summed E-state index contributed by atoms with van der Waals surface area (Å²) in [5.41, 5.74) is 0.893. The lowest BCUT2D eigenvalue weighted by Crippen LogP contribution is -2.46. The molecule has 9 nitrogen and oxygen atoms in total. The van der Waals surface area contributed by atoms with Crippen LogP contribution in [0.3, 0.4) is 0 Å². The summed E-state index contributed by atoms with van der Waals surface area (Å²) >= 11 is 0. The Balaban J connectivity index is 1.31. The van der Waals surface area contributed by atoms with Gasteiger partial charge in [0.1, 0.15) is 11.6 Å². The molecule has 3 amide bonds. The normalized spacial score (nSPS) is 13.8. The minimum atomic E-state index is -0.545. The Morgan fingerprint density at radius 3 is 2.51 bits per heavy atom. The highest BCUT2D eigenvalue weighted by Crippen LogP contribution is 2.22. The number of nitrogens with one attached hydrogen (secondary N) is 2. The van der Waals surface area contributed by atoms with Gasteiger partial charge in [-0.15, -0.1) is 0 Å². The molecule has 1 saturated heterocycles. The van der Waals surface area contributed by atoms with Crippen LogP contribution in [0.2, 0.25) is 0 Å². The van der Waals surface area contributed by atoms with Crippen LogP contribution in [0.15, 0.2) is 60.9 Å². The third kappa shape index (κ3) is 6.03. The van der Waals surface area contributed by atoms with Crippen LogP contribution >= 0.6 is 0 Å². The zero-order valence-electron chi connectivity index (χ0n) is 19.2. The third-order valence-electron chi connectivity index (χ3n) is 5.71. The second-order valence-electron chi connectivity index (χ2n) is 8.26. The van der Waals surface area contributed by atoms with Gasteiger partial charge in [0.25, 0.3) is 17.7 Å². The molecule has 1 aliphatic heterocycles. The smallest absolute Gasteiger partial charge is 0.262 e. The first-order chi connectivity index (χ1) is 16.9. The number of ether oxygens (including phenoxy) is 1. The van der Waals surface area contributed by atoms with E-state index in [1.54, 1.807) is 53.2 Å². The number of para-hydroxylation sites is 2. The Morgan fingerprint density at radius 1 is 1.09 bits per heavy atom. The third-order valence-corrected chi connectivity index (χ3v) is 5.71. The van der Waals surface area contributed by atoms with Crippen LogP contribution in [0.4, 0.5) is 10.1 Å². The highest BCUT2D eigenvalue weighted by molar-refractivity contribution is 5.97. The fraction of sp³-hybridized carbons (Fsp3) is 0.280. The van der Waals surface area contributed by atoms with Gasteiger partial charge in [0.15, 0.2) is 6.61 Å². The largest absolute Gasteiger partial charge is 0.483 e. The van der Waals surface area contributed by atoms with Crippen molar-refractivity contribution in [3.63, 3.8) is 0 Å². The van der Waals surface area contributed by atoms with Crippen LogP contribution in [-0.2, 0) is 11.8 Å². The number of likely N-dealkylation sites (tertiary alicyclic amines) is 1. The van der Waals surface area contributed by atoms with Crippen molar-refractivity contribution in [1.82, 2.24) is 20.0 Å². The topological polar surface area (TPSA) is 106 Å². The Bertz CT molecular complexity index is 1220. The highest BCUT2D eigenvalue weighted by atomic mass is 19.1. The summed E-state index contributed by atoms with van der Waals surface area (Å²) in [5.74, 6) is -1.21. The van der Waals surface area contributed by atoms with Gasteiger partial charge in [0, 0.05) is 32.4 Å². The predicted molar refractivity (Wildman–Crippen MR) is 127 cm³/mol. The number of piperidine rings is 1. The van der Waals surface area contributed by atoms with E-state index in [0.29, 0.717) is 37.1 Å². The number of anilines is 1. The van der Waals surface area contributed by atoms with Crippen LogP contribution in [0.5, 0.6) is 5.75 Å². The first-order valence-corrected chi connectivity index (χ1v) is 11.3. The maximum Gasteiger partial charge on any atom is 0.262 e. The first kappa shape index (κ1) is 23.9. The van der Waals surface area contributed by atoms with Crippen molar-refractivity contribution >= 4 is 23.4 Å². The molecule has 10 heteroatoms. The summed E-state index contributed by atoms with van der Waals surface area (Å²) in [6.45, 7) is 0.568. The standard InChI is InChI=1S/C25H26FN5O4/c1-30-15-17(14-27-30)24(33)28-18-10-12-31(13-11-18)25(34)19-6-2-5-9-22(19)35-16-23(32)29-21-8-4-3-7-20(21)26/h2-9,14-15,18H,10-13,16H2,1H3,(H,28,33)(H,29,32). The van der Waals surface area contributed by atoms with Crippen molar-refractivity contribution in [2.24, 2.45) is 7.05 Å². The van der Waals surface area contributed by atoms with Gasteiger partial charge < -0.3 is 20.3 Å². The van der Waals surface area contributed by atoms with Crippen molar-refractivity contribution in [3.8, 4) is 5.75 Å². The number of hydrogen-bond donors (Lipinski definition) is 2. The minimum Gasteiger partial charge on any atom is -0.483 e. The molecule has 1 aliphatic rings. The maximum atomic E-state index is 13.7. The quantitative estimate of drug-likeness (QED) is 0.542. The molecule has 1 aromatic heterocycles. The van der Waals surface area contributed by atoms with E-state index < -0.39 is 11.7 Å². The van der Waals surface area contributed by atoms with Crippen molar-refractivity contribution in [3.05, 3.63) is 77.9 Å². The lowest BCUT2D eigenvalue weighted by atomic mass is 10.0. The zero-order chi connectivity index (χ0) is 24.8. The Hall–Kier alpha value is -4.21. The SMILES string of the molecule is Cn1cc(C(=O)NC2CCN(C(=O)c3ccccc3OCC(=O)Nc3ccccc3F)CC2)cn1. The van der Waals surface area contributed by atoms with Gasteiger partial charge in [-0.1, -0.05) is 24.3 Å². The molecular weight excluding hydrogens is 453 g/mol. The number of rotatable bonds is 7. The molecule has 0 radical (unpaired) electrons. The molecule has 2 heterocycles. The van der Waals surface area contributed by atoms with E-state index in [0.717, 1.165) is 0 Å². The van der Waals surface area contributed by atoms with Crippen molar-refractivity contribution in [1.29, 1.82) is 0 Å². The Kier molecular flexibility index (Phi) is 7.39. The monoisotopic (exact) mass is 479 g/mol. The van der Waals surface area contributed by atoms with Gasteiger partial charge in [-0.05, 0) is 37.1 Å². The number of aryl methyl sites for hydroxylation is 1. The summed E-state index contributed by atoms with van der Waals surface area (Å²) in [6.07, 6.45) is 4.40. The van der Waals surface area contributed by atoms with E-state index in [2.05, 4.69) is 15.7 Å². The van der Waals surface area contributed by atoms with E-state index >= 15 is 0 Å². The van der Waals surface area contributed by atoms with Gasteiger partial charge in [-0.2, -0.15) is 5.10 Å². The average Bonchev–Trinajstić information content (AvgIpc) is 3.31. The molecule has 0 atom stereocenters. The highest BCUT2D eigenvalue weighted by Gasteiger charge is 2.27. The molecule has 35 heavy (non-hydrogen) atoms. The zero-order valence-corrected chi connectivity index (χ0v) is 19.2. The number of halogens is 1. The van der Waals surface area contributed by atoms with Gasteiger partial charge in [-0.3, -0.25) is 19.1 Å². The molecule has 1 fully saturated rings. The number of amides is 3. The molecule has 4 rings (SSSR count). The van der Waals surface area contributed by atoms with Crippen LogP contribution in [-0.4, -0.2) is 58.1 Å². The Labute approximate surface area is 201 Å². The summed E-state index contributed by atoms with van der Waals surface area (Å²) in [6, 6.07) is 12.5. The molecule has 0 saturated carbocycles. The molecule has 0 bridgehead atoms. The summed E-state index contributed by atoms with van der Waals surface area (Å²) in [5, 5.41) is 9.45. The van der Waals surface area contributed by atoms with E-state index in [-0.39, 0.29) is 35.9 Å². The fourth-order valence-corrected chi connectivity index (χ4v) is 3.87. The number of carbonyl (C=O) groups is 3. The van der Waals surface area contributed by atoms with Crippen molar-refractivity contribution in [2.45, 2.75) is 18.9 Å². The number of benzene rings is 2. The van der Waals surface area contributed by atoms with E-state index in [1.807, 2.05) is 0 Å². The minimum absolute atomic E-state index is 0.0414. The van der Waals surface area contributed by atoms with Crippen molar-refractivity contribution in [2.75, 3.05) is 25.0 Å². The van der Waals surface area contributed by atoms with Gasteiger partial charge in [0.05, 0.1) is 23.0 Å². The molecule has 0 aliphatic carbocycles. The fourth-order valence-electron chi connectivity index (χ4n) is 3.87. The maximum absolute atomic E-state index is 13.7. The lowest BCUT2D eigenvalue weighted by molar-refractivity contribution is -0.118. The molecule has 182 valence electrons. The predicted octanol–water partition coefficient (Wildman–Crippen LogP) is 2.61. The van der Waals surface area contributed by atoms with E-state index in [4.69, 9.17) is 4.74 Å². The van der Waals surface area contributed by atoms with Crippen LogP contribution in [0.25, 0.3) is 0 Å². The van der Waals surface area contributed by atoms with Crippen molar-refractivity contribution < 1.29 is 23.5 Å². The second kappa shape index (κ2) is 10.8. The average molecular weight is 480 g/mol. The Morgan fingerprint density at radius 2 is 1.80 bits per heavy atom. The first-order valence-electron chi connectivity index (χ1n) is 11.3. The van der Waals surface area contributed by atoms with E-state index in [9.17, 15) is 18.8 Å². The number of hydrogen-bond acceptors (Lipinski definition) is 5. The lowest BCUT2D eigenvalue weighted by Gasteiger charge is -2.32. The molecule has 3 aromatic rings. The van der Waals surface area contributed by atoms with Crippen LogP contribution in [0, 0.1) is 5.82 Å². The molecule has 2 aromatic carbocycles. The number of aromatic nitrogens is 2. The molecule has 0 spiro atoms. The number of carbonyl (C=O) groups excluding carboxylic acids is 3. The summed E-state index contributed by atoms with van der Waals surface area (Å²) < 4.78 is 20.9. The number of nitrogens with zero attached hydrogens (tertiary/aromatic N) is 3. The summed E-state index contributed by atoms with van der Waals surface area (Å²) in [7, 11) is 1.75. The molecule has 2 N–H and O–H groups in total. The van der Waals surface area contributed by atoms with Gasteiger partial charge >= 0.3 is 0 Å². The van der Waals surface area contributed by atoms with Gasteiger partial charge in [-0.25, -0.2) is 4.39 Å². The van der Waals surface area contributed by atoms with Crippen LogP contribution < -0.4 is 15.4 Å². The van der Waals surface area contributed by atoms with E-state index in [1.165, 1.54) is 24.4 Å². The second-order valence-corrected chi connectivity index (χ2v) is 8.26. The van der Waals surface area contributed by atoms with Gasteiger partial charge in [0.2, 0.25) is 0 Å². The summed E-state index contributed by atoms with van der Waals surface area (Å²) in [4.78, 5) is 39.4. The molecular formula is C25H26FN5O4.